The molecule has 5 heteroatoms. The van der Waals surface area contributed by atoms with Crippen molar-refractivity contribution in [3.05, 3.63) is 12.1 Å². The summed E-state index contributed by atoms with van der Waals surface area (Å²) in [5.74, 6) is 4.93. The Morgan fingerprint density at radius 3 is 2.86 bits per heavy atom. The van der Waals surface area contributed by atoms with Gasteiger partial charge >= 0.3 is 12.1 Å². The molecule has 1 heterocycles. The Morgan fingerprint density at radius 2 is 2.71 bits per heavy atom. The van der Waals surface area contributed by atoms with E-state index >= 15 is 0 Å². The topological polar surface area (TPSA) is 80.8 Å². The van der Waals surface area contributed by atoms with Crippen LogP contribution in [0.15, 0.2) is 4.42 Å². The summed E-state index contributed by atoms with van der Waals surface area (Å²) in [4.78, 5) is 0.778. The number of hydrogen-bond acceptors (Lipinski definition) is 4. The van der Waals surface area contributed by atoms with Gasteiger partial charge in [-0.1, -0.05) is 0 Å². The van der Waals surface area contributed by atoms with Crippen molar-refractivity contribution in [1.29, 1.82) is 5.41 Å². The number of nitrogens with two attached hydrogens (primary N) is 1. The van der Waals surface area contributed by atoms with Crippen molar-refractivity contribution in [2.75, 3.05) is 5.84 Å². The molecule has 37 valence electrons. The van der Waals surface area contributed by atoms with Crippen LogP contribution < -0.4 is 11.5 Å². The van der Waals surface area contributed by atoms with Crippen LogP contribution in [0.5, 0.6) is 0 Å². The second-order valence-electron chi connectivity index (χ2n) is 0.943. The summed E-state index contributed by atoms with van der Waals surface area (Å²) in [7, 11) is 0. The number of hydrogen-bond donors (Lipinski definition) is 2. The van der Waals surface area contributed by atoms with Crippen molar-refractivity contribution < 1.29 is 4.42 Å². The van der Waals surface area contributed by atoms with Gasteiger partial charge in [-0.2, -0.15) is 0 Å². The summed E-state index contributed by atoms with van der Waals surface area (Å²) >= 11 is 0. The molecule has 1 aromatic heterocycles. The van der Waals surface area contributed by atoms with Crippen LogP contribution in [0, 0.1) is 11.8 Å². The minimum Gasteiger partial charge on any atom is -0.398 e. The Morgan fingerprint density at radius 1 is 2.00 bits per heavy atom. The molecule has 0 aliphatic rings. The van der Waals surface area contributed by atoms with Gasteiger partial charge in [-0.15, -0.1) is 9.89 Å². The van der Waals surface area contributed by atoms with Gasteiger partial charge in [-0.25, -0.2) is 5.41 Å². The molecule has 0 amide bonds. The Kier molecular flexibility index (Phi) is 0.619. The molecule has 0 aromatic carbocycles. The highest BCUT2D eigenvalue weighted by Crippen LogP contribution is 1.56. The molecule has 1 aromatic rings. The average Bonchev–Trinajstić information content (AvgIpc) is 1.91. The van der Waals surface area contributed by atoms with E-state index in [0.29, 0.717) is 0 Å². The Hall–Kier alpha value is -1.26. The lowest BCUT2D eigenvalue weighted by Crippen LogP contribution is -2.23. The standard InChI is InChI=1S/C2H3N4O/c3-2-6(4)5-1-7-2/h3H,4H2. The van der Waals surface area contributed by atoms with Crippen molar-refractivity contribution in [3.63, 3.8) is 0 Å². The zero-order valence-corrected chi connectivity index (χ0v) is 3.38. The molecule has 0 bridgehead atoms. The number of aromatic nitrogens is 2. The molecule has 5 nitrogen and oxygen atoms in total. The molecule has 0 unspecified atom stereocenters. The van der Waals surface area contributed by atoms with E-state index in [9.17, 15) is 0 Å². The largest absolute Gasteiger partial charge is 0.398 e. The summed E-state index contributed by atoms with van der Waals surface area (Å²) in [6.45, 7) is 0. The molecule has 7 heavy (non-hydrogen) atoms. The van der Waals surface area contributed by atoms with Crippen molar-refractivity contribution in [1.82, 2.24) is 9.89 Å². The first kappa shape index (κ1) is 3.91. The first-order valence-electron chi connectivity index (χ1n) is 1.56. The van der Waals surface area contributed by atoms with E-state index < -0.39 is 0 Å². The molecule has 0 fully saturated rings. The maximum Gasteiger partial charge on any atom is 0.332 e. The predicted molar refractivity (Wildman–Crippen MR) is 19.3 cm³/mol. The average molecular weight is 99.1 g/mol. The molecule has 1 rings (SSSR count). The molecule has 0 aliphatic heterocycles. The zero-order valence-electron chi connectivity index (χ0n) is 3.38. The van der Waals surface area contributed by atoms with Crippen LogP contribution in [0.25, 0.3) is 0 Å². The molecule has 0 spiro atoms. The van der Waals surface area contributed by atoms with Gasteiger partial charge in [0.25, 0.3) is 0 Å². The SMILES string of the molecule is N=c1o[c]nn1N. The third-order valence-electron chi connectivity index (χ3n) is 0.499. The van der Waals surface area contributed by atoms with Crippen LogP contribution in [0.4, 0.5) is 0 Å². The third-order valence-corrected chi connectivity index (χ3v) is 0.499. The van der Waals surface area contributed by atoms with Crippen LogP contribution in [-0.4, -0.2) is 9.89 Å². The van der Waals surface area contributed by atoms with Crippen LogP contribution in [0.1, 0.15) is 0 Å². The molecule has 3 N–H and O–H groups in total. The zero-order chi connectivity index (χ0) is 5.28. The van der Waals surface area contributed by atoms with Crippen LogP contribution in [0.2, 0.25) is 0 Å². The van der Waals surface area contributed by atoms with Crippen LogP contribution >= 0.6 is 0 Å². The second kappa shape index (κ2) is 1.11. The van der Waals surface area contributed by atoms with E-state index in [1.54, 1.807) is 0 Å². The molecular formula is C2H3N4O. The Bertz CT molecular complexity index is 197. The fraction of sp³-hybridized carbons (Fsp3) is 0. The minimum atomic E-state index is -0.208. The van der Waals surface area contributed by atoms with Crippen molar-refractivity contribution in [3.8, 4) is 0 Å². The summed E-state index contributed by atoms with van der Waals surface area (Å²) < 4.78 is 4.23. The van der Waals surface area contributed by atoms with Gasteiger partial charge in [0.05, 0.1) is 0 Å². The first-order chi connectivity index (χ1) is 3.30. The lowest BCUT2D eigenvalue weighted by atomic mass is 11.3. The number of nitrogen functional groups attached to an aromatic ring is 1. The summed E-state index contributed by atoms with van der Waals surface area (Å²) in [6.07, 6.45) is 2.02. The van der Waals surface area contributed by atoms with Gasteiger partial charge in [0, 0.05) is 0 Å². The second-order valence-corrected chi connectivity index (χ2v) is 0.943. The molecule has 1 radical (unpaired) electrons. The van der Waals surface area contributed by atoms with Gasteiger partial charge in [0.1, 0.15) is 0 Å². The molecule has 0 atom stereocenters. The number of rotatable bonds is 0. The van der Waals surface area contributed by atoms with Crippen molar-refractivity contribution in [2.45, 2.75) is 0 Å². The van der Waals surface area contributed by atoms with E-state index in [-0.39, 0.29) is 5.68 Å². The van der Waals surface area contributed by atoms with E-state index in [2.05, 4.69) is 9.52 Å². The predicted octanol–water partition coefficient (Wildman–Crippen LogP) is -1.53. The first-order valence-corrected chi connectivity index (χ1v) is 1.56. The smallest absolute Gasteiger partial charge is 0.332 e. The highest BCUT2D eigenvalue weighted by molar-refractivity contribution is 4.38. The number of nitrogens with zero attached hydrogens (tertiary/aromatic N) is 2. The van der Waals surface area contributed by atoms with Crippen molar-refractivity contribution >= 4 is 0 Å². The fourth-order valence-electron chi connectivity index (χ4n) is 0.200. The normalized spacial score (nSPS) is 9.14. The molecule has 0 saturated heterocycles. The molecule has 0 saturated carbocycles. The Balaban J connectivity index is 3.39. The van der Waals surface area contributed by atoms with Gasteiger partial charge < -0.3 is 10.3 Å². The molecular weight excluding hydrogens is 96.0 g/mol. The van der Waals surface area contributed by atoms with Gasteiger partial charge in [0.2, 0.25) is 0 Å². The highest BCUT2D eigenvalue weighted by atomic mass is 16.4. The van der Waals surface area contributed by atoms with E-state index in [1.165, 1.54) is 0 Å². The number of nitrogens with one attached hydrogen (secondary N) is 1. The quantitative estimate of drug-likeness (QED) is 0.387. The minimum absolute atomic E-state index is 0.208. The van der Waals surface area contributed by atoms with Crippen LogP contribution in [0.3, 0.4) is 0 Å². The van der Waals surface area contributed by atoms with Gasteiger partial charge in [-0.3, -0.25) is 0 Å². The molecule has 0 aliphatic carbocycles. The van der Waals surface area contributed by atoms with Crippen molar-refractivity contribution in [2.24, 2.45) is 0 Å². The summed E-state index contributed by atoms with van der Waals surface area (Å²) in [6, 6.07) is 0. The maximum absolute atomic E-state index is 6.68. The lowest BCUT2D eigenvalue weighted by Gasteiger charge is -1.76. The van der Waals surface area contributed by atoms with Crippen LogP contribution in [-0.2, 0) is 0 Å². The van der Waals surface area contributed by atoms with Gasteiger partial charge in [-0.05, 0) is 0 Å². The van der Waals surface area contributed by atoms with E-state index in [4.69, 9.17) is 11.3 Å². The van der Waals surface area contributed by atoms with Gasteiger partial charge in [0.15, 0.2) is 0 Å². The summed E-state index contributed by atoms with van der Waals surface area (Å²) in [5.41, 5.74) is -0.208. The Labute approximate surface area is 38.8 Å². The third kappa shape index (κ3) is 0.466. The monoisotopic (exact) mass is 99.0 g/mol. The highest BCUT2D eigenvalue weighted by Gasteiger charge is 1.84. The summed E-state index contributed by atoms with van der Waals surface area (Å²) in [5, 5.41) is 9.91. The maximum atomic E-state index is 6.68. The lowest BCUT2D eigenvalue weighted by molar-refractivity contribution is 0.465. The van der Waals surface area contributed by atoms with E-state index in [1.807, 2.05) is 6.39 Å². The van der Waals surface area contributed by atoms with E-state index in [0.717, 1.165) is 4.79 Å². The fourth-order valence-corrected chi connectivity index (χ4v) is 0.200.